The van der Waals surface area contributed by atoms with Crippen LogP contribution in [-0.4, -0.2) is 53.0 Å². The summed E-state index contributed by atoms with van der Waals surface area (Å²) in [6, 6.07) is 8.89. The highest BCUT2D eigenvalue weighted by atomic mass is 32.1. The Kier molecular flexibility index (Phi) is 7.72. The van der Waals surface area contributed by atoms with E-state index in [4.69, 9.17) is 17.0 Å². The Hall–Kier alpha value is -2.48. The molecule has 0 aliphatic carbocycles. The minimum atomic E-state index is -0.785. The molecule has 1 aliphatic heterocycles. The summed E-state index contributed by atoms with van der Waals surface area (Å²) in [5, 5.41) is 5.54. The fraction of sp³-hybridized carbons (Fsp3) is 0.474. The van der Waals surface area contributed by atoms with Crippen molar-refractivity contribution in [1.29, 1.82) is 0 Å². The summed E-state index contributed by atoms with van der Waals surface area (Å²) in [5.74, 6) is -1.00. The van der Waals surface area contributed by atoms with Gasteiger partial charge >= 0.3 is 5.97 Å². The first-order valence-electron chi connectivity index (χ1n) is 8.98. The number of benzene rings is 1. The van der Waals surface area contributed by atoms with Crippen LogP contribution in [0.3, 0.4) is 0 Å². The molecule has 0 radical (unpaired) electrons. The predicted octanol–water partition coefficient (Wildman–Crippen LogP) is 1.16. The zero-order valence-electron chi connectivity index (χ0n) is 15.6. The number of thiocarbonyl (C=S) groups is 1. The summed E-state index contributed by atoms with van der Waals surface area (Å²) in [5.41, 5.74) is 1.06. The lowest BCUT2D eigenvalue weighted by molar-refractivity contribution is -0.150. The molecule has 2 rings (SSSR count). The number of rotatable bonds is 6. The van der Waals surface area contributed by atoms with Gasteiger partial charge in [0.2, 0.25) is 11.8 Å². The average molecular weight is 391 g/mol. The van der Waals surface area contributed by atoms with Crippen LogP contribution in [0.1, 0.15) is 32.3 Å². The summed E-state index contributed by atoms with van der Waals surface area (Å²) >= 11 is 5.31. The van der Waals surface area contributed by atoms with Crippen LogP contribution < -0.4 is 10.6 Å². The number of aryl methyl sites for hydroxylation is 1. The molecule has 1 heterocycles. The molecule has 0 unspecified atom stereocenters. The minimum Gasteiger partial charge on any atom is -0.463 e. The molecule has 27 heavy (non-hydrogen) atoms. The molecular formula is C19H25N3O4S. The zero-order valence-corrected chi connectivity index (χ0v) is 16.4. The first kappa shape index (κ1) is 20.8. The number of hydrogen-bond donors (Lipinski definition) is 2. The molecule has 2 amide bonds. The Bertz CT molecular complexity index is 693. The lowest BCUT2D eigenvalue weighted by atomic mass is 10.1. The zero-order chi connectivity index (χ0) is 19.8. The summed E-state index contributed by atoms with van der Waals surface area (Å²) in [6.07, 6.45) is 0.496. The minimum absolute atomic E-state index is 0.121. The molecule has 1 saturated heterocycles. The van der Waals surface area contributed by atoms with Crippen LogP contribution in [0.4, 0.5) is 0 Å². The van der Waals surface area contributed by atoms with E-state index in [1.165, 1.54) is 0 Å². The van der Waals surface area contributed by atoms with Gasteiger partial charge in [-0.05, 0) is 38.0 Å². The fourth-order valence-electron chi connectivity index (χ4n) is 2.79. The summed E-state index contributed by atoms with van der Waals surface area (Å²) in [7, 11) is 0. The molecule has 2 N–H and O–H groups in total. The van der Waals surface area contributed by atoms with E-state index in [1.807, 2.05) is 30.3 Å². The smallest absolute Gasteiger partial charge is 0.308 e. The van der Waals surface area contributed by atoms with Gasteiger partial charge in [0, 0.05) is 19.5 Å². The van der Waals surface area contributed by atoms with Crippen LogP contribution in [-0.2, 0) is 25.5 Å². The number of amides is 2. The normalized spacial score (nSPS) is 16.6. The van der Waals surface area contributed by atoms with Crippen molar-refractivity contribution >= 4 is 35.1 Å². The van der Waals surface area contributed by atoms with Gasteiger partial charge in [0.25, 0.3) is 0 Å². The summed E-state index contributed by atoms with van der Waals surface area (Å²) in [4.78, 5) is 37.9. The Balaban J connectivity index is 1.92. The molecule has 0 bridgehead atoms. The highest BCUT2D eigenvalue weighted by molar-refractivity contribution is 7.80. The number of ether oxygens (including phenoxy) is 1. The van der Waals surface area contributed by atoms with E-state index in [0.717, 1.165) is 5.56 Å². The molecule has 7 nitrogen and oxygen atoms in total. The van der Waals surface area contributed by atoms with E-state index >= 15 is 0 Å². The van der Waals surface area contributed by atoms with Crippen molar-refractivity contribution in [2.45, 2.75) is 45.3 Å². The third-order valence-electron chi connectivity index (χ3n) is 4.05. The second-order valence-corrected chi connectivity index (χ2v) is 6.97. The summed E-state index contributed by atoms with van der Waals surface area (Å²) < 4.78 is 5.12. The van der Waals surface area contributed by atoms with Crippen molar-refractivity contribution in [1.82, 2.24) is 15.5 Å². The van der Waals surface area contributed by atoms with E-state index in [1.54, 1.807) is 18.7 Å². The van der Waals surface area contributed by atoms with E-state index in [2.05, 4.69) is 10.6 Å². The van der Waals surface area contributed by atoms with Gasteiger partial charge in [-0.3, -0.25) is 14.4 Å². The van der Waals surface area contributed by atoms with E-state index in [0.29, 0.717) is 19.5 Å². The maximum atomic E-state index is 12.2. The van der Waals surface area contributed by atoms with Crippen LogP contribution in [0.2, 0.25) is 0 Å². The van der Waals surface area contributed by atoms with Gasteiger partial charge in [-0.25, -0.2) is 0 Å². The second-order valence-electron chi connectivity index (χ2n) is 6.58. The van der Waals surface area contributed by atoms with Crippen LogP contribution in [0.25, 0.3) is 0 Å². The van der Waals surface area contributed by atoms with Crippen molar-refractivity contribution < 1.29 is 19.1 Å². The van der Waals surface area contributed by atoms with Crippen molar-refractivity contribution in [2.75, 3.05) is 13.1 Å². The standard InChI is InChI=1S/C19H25N3O4S/c1-13(2)26-17(24)12-15-18(25)20-10-11-22(15)19(27)21-16(23)9-8-14-6-4-3-5-7-14/h3-7,13,15H,8-12H2,1-2H3,(H,20,25)(H,21,23,27)/t15-/m1/s1. The average Bonchev–Trinajstić information content (AvgIpc) is 2.62. The largest absolute Gasteiger partial charge is 0.463 e. The van der Waals surface area contributed by atoms with E-state index in [9.17, 15) is 14.4 Å². The number of carbonyl (C=O) groups is 3. The molecule has 0 aromatic heterocycles. The Morgan fingerprint density at radius 1 is 1.33 bits per heavy atom. The molecule has 1 fully saturated rings. The van der Waals surface area contributed by atoms with Gasteiger partial charge in [0.1, 0.15) is 6.04 Å². The lowest BCUT2D eigenvalue weighted by Gasteiger charge is -2.36. The topological polar surface area (TPSA) is 87.7 Å². The number of nitrogens with zero attached hydrogens (tertiary/aromatic N) is 1. The summed E-state index contributed by atoms with van der Waals surface area (Å²) in [6.45, 7) is 4.31. The van der Waals surface area contributed by atoms with Crippen LogP contribution >= 0.6 is 12.2 Å². The SMILES string of the molecule is CC(C)OC(=O)C[C@@H]1C(=O)NCCN1C(=S)NC(=O)CCc1ccccc1. The number of nitrogens with one attached hydrogen (secondary N) is 2. The van der Waals surface area contributed by atoms with Crippen molar-refractivity contribution in [3.8, 4) is 0 Å². The highest BCUT2D eigenvalue weighted by Gasteiger charge is 2.34. The van der Waals surface area contributed by atoms with Crippen LogP contribution in [0, 0.1) is 0 Å². The molecule has 1 aliphatic rings. The molecular weight excluding hydrogens is 366 g/mol. The lowest BCUT2D eigenvalue weighted by Crippen LogP contribution is -2.60. The van der Waals surface area contributed by atoms with Crippen molar-refractivity contribution in [2.24, 2.45) is 0 Å². The van der Waals surface area contributed by atoms with Gasteiger partial charge in [0.05, 0.1) is 12.5 Å². The maximum absolute atomic E-state index is 12.2. The molecule has 1 aromatic rings. The van der Waals surface area contributed by atoms with Gasteiger partial charge in [-0.1, -0.05) is 30.3 Å². The predicted molar refractivity (Wildman–Crippen MR) is 105 cm³/mol. The fourth-order valence-corrected chi connectivity index (χ4v) is 3.12. The van der Waals surface area contributed by atoms with Gasteiger partial charge in [0.15, 0.2) is 5.11 Å². The second kappa shape index (κ2) is 10.0. The van der Waals surface area contributed by atoms with Gasteiger partial charge in [-0.2, -0.15) is 0 Å². The number of esters is 1. The number of hydrogen-bond acceptors (Lipinski definition) is 5. The van der Waals surface area contributed by atoms with Crippen LogP contribution in [0.5, 0.6) is 0 Å². The maximum Gasteiger partial charge on any atom is 0.308 e. The third-order valence-corrected chi connectivity index (χ3v) is 4.39. The van der Waals surface area contributed by atoms with Crippen LogP contribution in [0.15, 0.2) is 30.3 Å². The molecule has 146 valence electrons. The molecule has 0 saturated carbocycles. The van der Waals surface area contributed by atoms with Gasteiger partial charge < -0.3 is 20.3 Å². The Labute approximate surface area is 164 Å². The van der Waals surface area contributed by atoms with Crippen molar-refractivity contribution in [3.63, 3.8) is 0 Å². The van der Waals surface area contributed by atoms with Crippen molar-refractivity contribution in [3.05, 3.63) is 35.9 Å². The molecule has 0 spiro atoms. The Morgan fingerprint density at radius 3 is 2.70 bits per heavy atom. The first-order valence-corrected chi connectivity index (χ1v) is 9.39. The van der Waals surface area contributed by atoms with E-state index in [-0.39, 0.29) is 35.9 Å². The monoisotopic (exact) mass is 391 g/mol. The number of piperazine rings is 1. The molecule has 8 heteroatoms. The van der Waals surface area contributed by atoms with Gasteiger partial charge in [-0.15, -0.1) is 0 Å². The molecule has 1 atom stereocenters. The number of carbonyl (C=O) groups excluding carboxylic acids is 3. The molecule has 1 aromatic carbocycles. The Morgan fingerprint density at radius 2 is 2.04 bits per heavy atom. The third kappa shape index (κ3) is 6.63. The highest BCUT2D eigenvalue weighted by Crippen LogP contribution is 2.12. The van der Waals surface area contributed by atoms with E-state index < -0.39 is 12.0 Å². The quantitative estimate of drug-likeness (QED) is 0.559. The first-order chi connectivity index (χ1) is 12.9.